The summed E-state index contributed by atoms with van der Waals surface area (Å²) in [4.78, 5) is 0. The summed E-state index contributed by atoms with van der Waals surface area (Å²) in [6, 6.07) is 129. The Hall–Kier alpha value is -8.84. The van der Waals surface area contributed by atoms with Gasteiger partial charge in [0.15, 0.2) is 0 Å². The van der Waals surface area contributed by atoms with E-state index in [1.807, 2.05) is 430 Å². The molecule has 0 spiro atoms. The average molecular weight is 2040 g/mol. The maximum absolute atomic E-state index is 2.51. The van der Waals surface area contributed by atoms with Gasteiger partial charge in [0.05, 0.1) is 0 Å². The molecule has 0 amide bonds. The maximum Gasteiger partial charge on any atom is -0.0184 e. The molecule has 0 aromatic heterocycles. The fraction of sp³-hybridized carbons (Fsp3) is 0.544. The van der Waals surface area contributed by atoms with Gasteiger partial charge in [0.25, 0.3) is 0 Å². The van der Waals surface area contributed by atoms with Gasteiger partial charge >= 0.3 is 0 Å². The first-order valence-corrected chi connectivity index (χ1v) is 61.4. The van der Waals surface area contributed by atoms with Crippen LogP contribution in [0.5, 0.6) is 0 Å². The first-order valence-electron chi connectivity index (χ1n) is 61.4. The van der Waals surface area contributed by atoms with Gasteiger partial charge in [-0.3, -0.25) is 0 Å². The van der Waals surface area contributed by atoms with Crippen molar-refractivity contribution < 1.29 is 0 Å². The summed E-state index contributed by atoms with van der Waals surface area (Å²) in [6.07, 6.45) is 35.5. The van der Waals surface area contributed by atoms with Crippen molar-refractivity contribution in [2.24, 2.45) is 98.1 Å². The van der Waals surface area contributed by atoms with Gasteiger partial charge in [0.1, 0.15) is 0 Å². The molecule has 13 saturated carbocycles. The third-order valence-corrected chi connectivity index (χ3v) is 28.5. The Balaban J connectivity index is -0.000000285. The Morgan fingerprint density at radius 2 is 0.282 bits per heavy atom. The first kappa shape index (κ1) is 153. The van der Waals surface area contributed by atoms with Crippen LogP contribution < -0.4 is 0 Å². The van der Waals surface area contributed by atoms with E-state index in [1.54, 1.807) is 44.9 Å². The summed E-state index contributed by atoms with van der Waals surface area (Å²) >= 11 is 0. The zero-order chi connectivity index (χ0) is 114. The number of rotatable bonds is 0. The molecule has 0 N–H and O–H groups in total. The number of fused-ring (bicyclic) bond motifs is 13. The minimum Gasteiger partial charge on any atom is -0.0683 e. The van der Waals surface area contributed by atoms with Crippen molar-refractivity contribution in [1.29, 1.82) is 0 Å². The van der Waals surface area contributed by atoms with Crippen molar-refractivity contribution in [3.8, 4) is 0 Å². The Morgan fingerprint density at radius 1 is 0.161 bits per heavy atom. The molecule has 8 unspecified atom stereocenters. The predicted octanol–water partition coefficient (Wildman–Crippen LogP) is 50.5. The highest BCUT2D eigenvalue weighted by Crippen LogP contribution is 2.66. The lowest BCUT2D eigenvalue weighted by atomic mass is 9.61. The van der Waals surface area contributed by atoms with Gasteiger partial charge in [-0.1, -0.05) is 704 Å². The predicted molar refractivity (Wildman–Crippen MR) is 691 cm³/mol. The fourth-order valence-electron chi connectivity index (χ4n) is 20.9. The Kier molecular flexibility index (Phi) is 110. The van der Waals surface area contributed by atoms with Crippen LogP contribution in [0.15, 0.2) is 388 Å². The quantitative estimate of drug-likeness (QED) is 0.142. The van der Waals surface area contributed by atoms with E-state index >= 15 is 0 Å². The molecule has 13 aliphatic rings. The number of hydrogen-bond donors (Lipinski definition) is 0. The van der Waals surface area contributed by atoms with Crippen molar-refractivity contribution in [1.82, 2.24) is 0 Å². The van der Waals surface area contributed by atoms with Crippen molar-refractivity contribution in [2.45, 2.75) is 431 Å². The molecule has 12 aromatic rings. The SMILES string of the molecule is CC.CC.CC.CC.CC.CC.CC.CC.CC.CC.CC1(C)C2CCC1C2.CC1(C)C2CCC1C2.CC1(C)C2CCC1CC2.CC1(C)C2CCC1CC2.CC1(C)CC2CC1C1CCCC21.CCC.CCC.CCC.CCC.CCC.c1ccc2ccccc2c1.c1ccc2ccccc2c1.c1ccccc1.c1ccccc1.c1ccccc1.c1ccccc1.c1ccccc1.c1ccccc1.c1ccccc1.c1ccccc1. The van der Waals surface area contributed by atoms with E-state index in [4.69, 9.17) is 0 Å². The highest BCUT2D eigenvalue weighted by Gasteiger charge is 2.57. The number of hydrogen-bond acceptors (Lipinski definition) is 0. The molecule has 13 aliphatic carbocycles. The van der Waals surface area contributed by atoms with E-state index in [0.717, 1.165) is 86.8 Å². The molecule has 8 atom stereocenters. The summed E-state index contributed by atoms with van der Waals surface area (Å²) in [5, 5.41) is 5.24. The smallest absolute Gasteiger partial charge is 0.0184 e. The standard InChI is InChI=1S/C12H20.2C10H8.2C9H16.2C8H14.8C6H6.5C3H8.10C2H6/c1-12(2)7-8-6-11(12)10-5-3-4-9(8)10;2*1-2-6-10-8-4-3-7-9(10)5-1;2*1-9(2)7-3-4-8(9)6-5-7;2*1-8(2)6-3-4-7(8)5-6;8*1-2-4-6-5-3-1;5*1-3-2;10*1-2/h8-11H,3-7H2,1-2H3;2*1-8H;2*7-8H,3-6H2,1-2H3;2*6-7H,3-5H2,1-2H3;8*1-6H;5*3H2,1-2H3;10*1-2H3. The summed E-state index contributed by atoms with van der Waals surface area (Å²) in [5.41, 5.74) is 3.65. The molecule has 12 aromatic carbocycles. The van der Waals surface area contributed by atoms with Crippen LogP contribution in [-0.4, -0.2) is 0 Å². The van der Waals surface area contributed by atoms with Crippen LogP contribution in [0, 0.1) is 98.1 Å². The summed E-state index contributed by atoms with van der Waals surface area (Å²) in [6.45, 7) is 85.8. The minimum atomic E-state index is 0.705. The van der Waals surface area contributed by atoms with Crippen LogP contribution >= 0.6 is 0 Å². The molecule has 149 heavy (non-hydrogen) atoms. The molecule has 25 rings (SSSR count). The first-order chi connectivity index (χ1) is 72.5. The molecule has 13 fully saturated rings. The molecule has 840 valence electrons. The Morgan fingerprint density at radius 3 is 0.389 bits per heavy atom. The summed E-state index contributed by atoms with van der Waals surface area (Å²) < 4.78 is 0. The van der Waals surface area contributed by atoms with Crippen LogP contribution in [0.4, 0.5) is 0 Å². The zero-order valence-corrected chi connectivity index (χ0v) is 105. The van der Waals surface area contributed by atoms with Gasteiger partial charge in [-0.15, -0.1) is 0 Å². The van der Waals surface area contributed by atoms with Gasteiger partial charge in [-0.25, -0.2) is 0 Å². The molecular weight excluding hydrogens is 1790 g/mol. The highest BCUT2D eigenvalue weighted by atomic mass is 14.6. The van der Waals surface area contributed by atoms with Crippen molar-refractivity contribution in [3.63, 3.8) is 0 Å². The normalized spacial score (nSPS) is 20.1. The van der Waals surface area contributed by atoms with Crippen LogP contribution in [0.2, 0.25) is 0 Å². The van der Waals surface area contributed by atoms with Crippen LogP contribution in [0.25, 0.3) is 21.5 Å². The third-order valence-electron chi connectivity index (χ3n) is 28.5. The van der Waals surface area contributed by atoms with Crippen molar-refractivity contribution in [3.05, 3.63) is 388 Å². The van der Waals surface area contributed by atoms with Gasteiger partial charge in [-0.05, 0) is 235 Å². The van der Waals surface area contributed by atoms with Gasteiger partial charge in [0.2, 0.25) is 0 Å². The van der Waals surface area contributed by atoms with Gasteiger partial charge < -0.3 is 0 Å². The Labute approximate surface area is 932 Å². The lowest BCUT2D eigenvalue weighted by molar-refractivity contribution is 0.0523. The lowest BCUT2D eigenvalue weighted by Gasteiger charge is -2.44. The van der Waals surface area contributed by atoms with E-state index in [9.17, 15) is 0 Å². The van der Waals surface area contributed by atoms with Crippen molar-refractivity contribution >= 4 is 21.5 Å². The molecule has 0 heteroatoms. The minimum absolute atomic E-state index is 0.705. The molecule has 0 nitrogen and oxygen atoms in total. The van der Waals surface area contributed by atoms with Gasteiger partial charge in [-0.2, -0.15) is 0 Å². The Bertz CT molecular complexity index is 3450. The van der Waals surface area contributed by atoms with Crippen molar-refractivity contribution in [2.75, 3.05) is 0 Å². The summed E-state index contributed by atoms with van der Waals surface area (Å²) in [7, 11) is 0. The summed E-state index contributed by atoms with van der Waals surface area (Å²) in [5.74, 6) is 13.3. The van der Waals surface area contributed by atoms with E-state index in [-0.39, 0.29) is 0 Å². The van der Waals surface area contributed by atoms with Gasteiger partial charge in [0, 0.05) is 0 Å². The molecule has 0 aliphatic heterocycles. The monoisotopic (exact) mass is 2030 g/mol. The largest absolute Gasteiger partial charge is 0.0683 e. The highest BCUT2D eigenvalue weighted by molar-refractivity contribution is 5.82. The second kappa shape index (κ2) is 108. The third kappa shape index (κ3) is 69.4. The van der Waals surface area contributed by atoms with Crippen LogP contribution in [0.1, 0.15) is 431 Å². The molecule has 10 bridgehead atoms. The zero-order valence-electron chi connectivity index (χ0n) is 105. The average Bonchev–Trinajstić information content (AvgIpc) is 1.50. The maximum atomic E-state index is 2.51. The van der Waals surface area contributed by atoms with E-state index in [0.29, 0.717) is 5.41 Å². The second-order valence-electron chi connectivity index (χ2n) is 40.3. The van der Waals surface area contributed by atoms with E-state index < -0.39 is 0 Å². The number of benzene rings is 12. The second-order valence-corrected chi connectivity index (χ2v) is 40.3. The molecule has 0 saturated heterocycles. The molecular formula is C149H244. The molecule has 0 heterocycles. The molecule has 0 radical (unpaired) electrons. The topological polar surface area (TPSA) is 0 Å². The van der Waals surface area contributed by atoms with E-state index in [1.165, 1.54) is 137 Å². The van der Waals surface area contributed by atoms with Crippen LogP contribution in [-0.2, 0) is 0 Å². The van der Waals surface area contributed by atoms with E-state index in [2.05, 4.69) is 236 Å². The van der Waals surface area contributed by atoms with Crippen LogP contribution in [0.3, 0.4) is 0 Å². The lowest BCUT2D eigenvalue weighted by Crippen LogP contribution is -2.36. The fourth-order valence-corrected chi connectivity index (χ4v) is 20.9.